The third-order valence-electron chi connectivity index (χ3n) is 4.65. The van der Waals surface area contributed by atoms with E-state index in [0.717, 1.165) is 42.0 Å². The van der Waals surface area contributed by atoms with E-state index < -0.39 is 0 Å². The molecule has 27 heavy (non-hydrogen) atoms. The van der Waals surface area contributed by atoms with Crippen molar-refractivity contribution < 1.29 is 4.79 Å². The first-order valence-electron chi connectivity index (χ1n) is 8.92. The number of nitrogens with zero attached hydrogens (tertiary/aromatic N) is 3. The number of halogens is 1. The second-order valence-corrected chi connectivity index (χ2v) is 7.01. The maximum absolute atomic E-state index is 12.5. The number of imidazole rings is 1. The molecular formula is C20H20ClN5O. The van der Waals surface area contributed by atoms with Gasteiger partial charge in [-0.3, -0.25) is 9.78 Å². The number of carbonyl (C=O) groups is 1. The van der Waals surface area contributed by atoms with E-state index in [4.69, 9.17) is 11.6 Å². The van der Waals surface area contributed by atoms with Crippen molar-refractivity contribution in [3.63, 3.8) is 0 Å². The topological polar surface area (TPSA) is 71.8 Å². The van der Waals surface area contributed by atoms with E-state index in [1.165, 1.54) is 0 Å². The zero-order chi connectivity index (χ0) is 18.6. The number of benzene rings is 1. The summed E-state index contributed by atoms with van der Waals surface area (Å²) in [6.07, 6.45) is 6.15. The summed E-state index contributed by atoms with van der Waals surface area (Å²) in [6.45, 7) is 1.98. The maximum atomic E-state index is 12.5. The number of pyridine rings is 1. The van der Waals surface area contributed by atoms with Gasteiger partial charge in [-0.25, -0.2) is 4.98 Å². The fourth-order valence-electron chi connectivity index (χ4n) is 3.34. The van der Waals surface area contributed by atoms with Crippen LogP contribution in [0.1, 0.15) is 6.42 Å². The Bertz CT molecular complexity index is 917. The highest BCUT2D eigenvalue weighted by Gasteiger charge is 2.20. The van der Waals surface area contributed by atoms with Crippen LogP contribution in [-0.2, 0) is 11.3 Å². The van der Waals surface area contributed by atoms with Crippen molar-refractivity contribution in [2.75, 3.05) is 13.1 Å². The summed E-state index contributed by atoms with van der Waals surface area (Å²) in [5.74, 6) is -0.0148. The number of aromatic nitrogens is 3. The van der Waals surface area contributed by atoms with Gasteiger partial charge in [0.2, 0.25) is 5.91 Å². The van der Waals surface area contributed by atoms with E-state index >= 15 is 0 Å². The van der Waals surface area contributed by atoms with Crippen LogP contribution in [0.3, 0.4) is 0 Å². The molecule has 1 atom stereocenters. The molecule has 1 aromatic carbocycles. The first-order chi connectivity index (χ1) is 13.2. The average molecular weight is 382 g/mol. The number of hydrogen-bond donors (Lipinski definition) is 2. The summed E-state index contributed by atoms with van der Waals surface area (Å²) >= 11 is 6.02. The van der Waals surface area contributed by atoms with Crippen LogP contribution < -0.4 is 10.6 Å². The summed E-state index contributed by atoms with van der Waals surface area (Å²) in [4.78, 5) is 21.2. The van der Waals surface area contributed by atoms with E-state index in [-0.39, 0.29) is 18.5 Å². The van der Waals surface area contributed by atoms with Crippen molar-refractivity contribution in [1.82, 2.24) is 25.2 Å². The van der Waals surface area contributed by atoms with Gasteiger partial charge in [0, 0.05) is 41.1 Å². The van der Waals surface area contributed by atoms with Crippen LogP contribution in [0.5, 0.6) is 0 Å². The molecule has 0 radical (unpaired) electrons. The molecule has 2 aromatic heterocycles. The molecular weight excluding hydrogens is 362 g/mol. The fourth-order valence-corrected chi connectivity index (χ4v) is 3.47. The SMILES string of the molecule is O=C(Cn1cnc(-c2ccc(Cl)cc2)c1-c1ccncc1)N[C@@H]1CCNC1. The van der Waals surface area contributed by atoms with Gasteiger partial charge < -0.3 is 15.2 Å². The Hall–Kier alpha value is -2.70. The summed E-state index contributed by atoms with van der Waals surface area (Å²) in [5.41, 5.74) is 3.61. The van der Waals surface area contributed by atoms with Crippen LogP contribution in [-0.4, -0.2) is 39.6 Å². The first-order valence-corrected chi connectivity index (χ1v) is 9.30. The Kier molecular flexibility index (Phi) is 5.18. The molecule has 3 aromatic rings. The summed E-state index contributed by atoms with van der Waals surface area (Å²) in [5, 5.41) is 7.01. The van der Waals surface area contributed by atoms with Crippen LogP contribution >= 0.6 is 11.6 Å². The van der Waals surface area contributed by atoms with E-state index in [2.05, 4.69) is 20.6 Å². The lowest BCUT2D eigenvalue weighted by Gasteiger charge is -2.14. The lowest BCUT2D eigenvalue weighted by molar-refractivity contribution is -0.122. The van der Waals surface area contributed by atoms with Gasteiger partial charge in [0.1, 0.15) is 6.54 Å². The van der Waals surface area contributed by atoms with Crippen LogP contribution in [0, 0.1) is 0 Å². The van der Waals surface area contributed by atoms with Gasteiger partial charge in [-0.1, -0.05) is 23.7 Å². The van der Waals surface area contributed by atoms with Crippen molar-refractivity contribution in [1.29, 1.82) is 0 Å². The highest BCUT2D eigenvalue weighted by Crippen LogP contribution is 2.31. The molecule has 1 amide bonds. The Morgan fingerprint density at radius 3 is 2.67 bits per heavy atom. The van der Waals surface area contributed by atoms with Crippen LogP contribution in [0.25, 0.3) is 22.5 Å². The van der Waals surface area contributed by atoms with Gasteiger partial charge in [0.25, 0.3) is 0 Å². The molecule has 6 nitrogen and oxygen atoms in total. The maximum Gasteiger partial charge on any atom is 0.240 e. The lowest BCUT2D eigenvalue weighted by atomic mass is 10.1. The van der Waals surface area contributed by atoms with Gasteiger partial charge in [0.05, 0.1) is 17.7 Å². The van der Waals surface area contributed by atoms with Gasteiger partial charge in [-0.05, 0) is 37.2 Å². The normalized spacial score (nSPS) is 16.4. The third-order valence-corrected chi connectivity index (χ3v) is 4.90. The number of carbonyl (C=O) groups excluding carboxylic acids is 1. The molecule has 3 heterocycles. The highest BCUT2D eigenvalue weighted by atomic mass is 35.5. The Balaban J connectivity index is 1.67. The van der Waals surface area contributed by atoms with Crippen molar-refractivity contribution in [3.05, 3.63) is 60.1 Å². The predicted molar refractivity (Wildman–Crippen MR) is 105 cm³/mol. The van der Waals surface area contributed by atoms with Crippen LogP contribution in [0.2, 0.25) is 5.02 Å². The zero-order valence-corrected chi connectivity index (χ0v) is 15.5. The van der Waals surface area contributed by atoms with E-state index in [1.54, 1.807) is 18.7 Å². The molecule has 0 bridgehead atoms. The van der Waals surface area contributed by atoms with Crippen molar-refractivity contribution in [3.8, 4) is 22.5 Å². The molecule has 1 aliphatic heterocycles. The second kappa shape index (κ2) is 7.90. The standard InChI is InChI=1S/C20H20ClN5O/c21-16-3-1-14(2-4-16)19-20(15-5-8-22-9-6-15)26(13-24-19)12-18(27)25-17-7-10-23-11-17/h1-6,8-9,13,17,23H,7,10-12H2,(H,25,27)/t17-/m1/s1. The Labute approximate surface area is 162 Å². The molecule has 4 rings (SSSR count). The third kappa shape index (κ3) is 4.02. The highest BCUT2D eigenvalue weighted by molar-refractivity contribution is 6.30. The van der Waals surface area contributed by atoms with Gasteiger partial charge in [-0.15, -0.1) is 0 Å². The summed E-state index contributed by atoms with van der Waals surface area (Å²) < 4.78 is 1.89. The quantitative estimate of drug-likeness (QED) is 0.712. The van der Waals surface area contributed by atoms with E-state index in [1.807, 2.05) is 41.0 Å². The minimum atomic E-state index is -0.0148. The molecule has 1 saturated heterocycles. The molecule has 0 saturated carbocycles. The number of nitrogens with one attached hydrogen (secondary N) is 2. The van der Waals surface area contributed by atoms with Gasteiger partial charge in [-0.2, -0.15) is 0 Å². The Morgan fingerprint density at radius 1 is 1.19 bits per heavy atom. The van der Waals surface area contributed by atoms with Gasteiger partial charge in [0.15, 0.2) is 0 Å². The largest absolute Gasteiger partial charge is 0.350 e. The molecule has 2 N–H and O–H groups in total. The number of rotatable bonds is 5. The number of amides is 1. The second-order valence-electron chi connectivity index (χ2n) is 6.57. The first kappa shape index (κ1) is 17.7. The van der Waals surface area contributed by atoms with Crippen LogP contribution in [0.15, 0.2) is 55.1 Å². The molecule has 1 aliphatic rings. The minimum absolute atomic E-state index is 0.0148. The zero-order valence-electron chi connectivity index (χ0n) is 14.7. The molecule has 0 aliphatic carbocycles. The smallest absolute Gasteiger partial charge is 0.240 e. The summed E-state index contributed by atoms with van der Waals surface area (Å²) in [6, 6.07) is 11.6. The molecule has 0 spiro atoms. The lowest BCUT2D eigenvalue weighted by Crippen LogP contribution is -2.38. The molecule has 1 fully saturated rings. The van der Waals surface area contributed by atoms with Crippen LogP contribution in [0.4, 0.5) is 0 Å². The molecule has 0 unspecified atom stereocenters. The van der Waals surface area contributed by atoms with E-state index in [0.29, 0.717) is 5.02 Å². The summed E-state index contributed by atoms with van der Waals surface area (Å²) in [7, 11) is 0. The van der Waals surface area contributed by atoms with E-state index in [9.17, 15) is 4.79 Å². The fraction of sp³-hybridized carbons (Fsp3) is 0.250. The van der Waals surface area contributed by atoms with Gasteiger partial charge >= 0.3 is 0 Å². The minimum Gasteiger partial charge on any atom is -0.350 e. The number of hydrogen-bond acceptors (Lipinski definition) is 4. The monoisotopic (exact) mass is 381 g/mol. The predicted octanol–water partition coefficient (Wildman–Crippen LogP) is 2.74. The van der Waals surface area contributed by atoms with Crippen molar-refractivity contribution in [2.24, 2.45) is 0 Å². The Morgan fingerprint density at radius 2 is 1.96 bits per heavy atom. The molecule has 7 heteroatoms. The molecule has 138 valence electrons. The van der Waals surface area contributed by atoms with Crippen molar-refractivity contribution in [2.45, 2.75) is 19.0 Å². The average Bonchev–Trinajstić information content (AvgIpc) is 3.33. The van der Waals surface area contributed by atoms with Crippen molar-refractivity contribution >= 4 is 17.5 Å².